The van der Waals surface area contributed by atoms with Crippen molar-refractivity contribution in [2.75, 3.05) is 19.1 Å². The number of benzene rings is 2. The zero-order valence-electron chi connectivity index (χ0n) is 17.8. The summed E-state index contributed by atoms with van der Waals surface area (Å²) in [5.74, 6) is 0.214. The molecular weight excluding hydrogens is 378 g/mol. The van der Waals surface area contributed by atoms with Crippen molar-refractivity contribution >= 4 is 11.8 Å². The lowest BCUT2D eigenvalue weighted by molar-refractivity contribution is -0.132. The van der Waals surface area contributed by atoms with E-state index in [0.717, 1.165) is 17.0 Å². The Hall–Kier alpha value is -3.54. The van der Waals surface area contributed by atoms with Crippen molar-refractivity contribution in [1.29, 1.82) is 0 Å². The van der Waals surface area contributed by atoms with Gasteiger partial charge in [0, 0.05) is 30.5 Å². The number of aryl methyl sites for hydroxylation is 3. The highest BCUT2D eigenvalue weighted by atomic mass is 16.5. The van der Waals surface area contributed by atoms with Crippen molar-refractivity contribution in [2.45, 2.75) is 27.3 Å². The summed E-state index contributed by atoms with van der Waals surface area (Å²) in [5, 5.41) is 0. The summed E-state index contributed by atoms with van der Waals surface area (Å²) in [4.78, 5) is 26.4. The molecule has 0 fully saturated rings. The van der Waals surface area contributed by atoms with Crippen LogP contribution < -0.4 is 10.2 Å². The maximum Gasteiger partial charge on any atom is 0.270 e. The second-order valence-corrected chi connectivity index (χ2v) is 7.44. The van der Waals surface area contributed by atoms with Crippen LogP contribution in [0.1, 0.15) is 32.9 Å². The van der Waals surface area contributed by atoms with Gasteiger partial charge in [0.25, 0.3) is 11.8 Å². The molecular formula is C24H27N3O3. The molecule has 0 atom stereocenters. The summed E-state index contributed by atoms with van der Waals surface area (Å²) in [7, 11) is 1.75. The quantitative estimate of drug-likeness (QED) is 0.650. The Labute approximate surface area is 177 Å². The molecule has 0 aliphatic rings. The first-order valence-corrected chi connectivity index (χ1v) is 9.82. The van der Waals surface area contributed by atoms with Gasteiger partial charge in [-0.25, -0.2) is 0 Å². The fourth-order valence-corrected chi connectivity index (χ4v) is 3.02. The molecule has 0 radical (unpaired) electrons. The highest BCUT2D eigenvalue weighted by Gasteiger charge is 2.12. The van der Waals surface area contributed by atoms with Gasteiger partial charge in [-0.05, 0) is 62.7 Å². The first-order valence-electron chi connectivity index (χ1n) is 9.82. The van der Waals surface area contributed by atoms with Crippen LogP contribution in [-0.2, 0) is 11.3 Å². The van der Waals surface area contributed by atoms with Gasteiger partial charge >= 0.3 is 0 Å². The first-order chi connectivity index (χ1) is 14.3. The molecule has 1 N–H and O–H groups in total. The number of aromatic nitrogens is 1. The Morgan fingerprint density at radius 1 is 0.900 bits per heavy atom. The van der Waals surface area contributed by atoms with E-state index >= 15 is 0 Å². The lowest BCUT2D eigenvalue weighted by Gasteiger charge is -2.18. The number of amides is 2. The van der Waals surface area contributed by atoms with Crippen LogP contribution in [0.4, 0.5) is 0 Å². The summed E-state index contributed by atoms with van der Waals surface area (Å²) in [5.41, 5.74) is 7.54. The van der Waals surface area contributed by atoms with E-state index in [1.165, 1.54) is 5.56 Å². The van der Waals surface area contributed by atoms with Crippen LogP contribution in [0.3, 0.4) is 0 Å². The summed E-state index contributed by atoms with van der Waals surface area (Å²) < 4.78 is 7.34. The molecule has 2 aromatic carbocycles. The van der Waals surface area contributed by atoms with Gasteiger partial charge in [0.2, 0.25) is 0 Å². The van der Waals surface area contributed by atoms with Crippen LogP contribution in [0.15, 0.2) is 60.7 Å². The predicted octanol–water partition coefficient (Wildman–Crippen LogP) is 3.83. The van der Waals surface area contributed by atoms with E-state index < -0.39 is 0 Å². The molecule has 0 bridgehead atoms. The number of likely N-dealkylation sites (N-methyl/N-ethyl adjacent to an activating group) is 1. The third-order valence-electron chi connectivity index (χ3n) is 4.93. The molecule has 3 aromatic rings. The minimum absolute atomic E-state index is 0.0599. The predicted molar refractivity (Wildman–Crippen MR) is 117 cm³/mol. The van der Waals surface area contributed by atoms with E-state index in [2.05, 4.69) is 5.43 Å². The zero-order chi connectivity index (χ0) is 21.7. The van der Waals surface area contributed by atoms with E-state index in [1.54, 1.807) is 40.9 Å². The van der Waals surface area contributed by atoms with Gasteiger partial charge < -0.3 is 9.64 Å². The molecule has 0 saturated heterocycles. The van der Waals surface area contributed by atoms with Gasteiger partial charge in [-0.15, -0.1) is 0 Å². The summed E-state index contributed by atoms with van der Waals surface area (Å²) >= 11 is 0. The number of carbonyl (C=O) groups is 2. The largest absolute Gasteiger partial charge is 0.484 e. The molecule has 6 nitrogen and oxygen atoms in total. The third-order valence-corrected chi connectivity index (χ3v) is 4.93. The molecule has 1 aromatic heterocycles. The molecule has 0 spiro atoms. The first kappa shape index (κ1) is 21.2. The second-order valence-electron chi connectivity index (χ2n) is 7.44. The van der Waals surface area contributed by atoms with E-state index in [0.29, 0.717) is 17.9 Å². The molecule has 0 aliphatic heterocycles. The van der Waals surface area contributed by atoms with Crippen molar-refractivity contribution in [3.05, 3.63) is 88.7 Å². The normalized spacial score (nSPS) is 10.5. The van der Waals surface area contributed by atoms with E-state index in [-0.39, 0.29) is 18.4 Å². The van der Waals surface area contributed by atoms with Crippen LogP contribution in [-0.4, -0.2) is 35.0 Å². The monoisotopic (exact) mass is 405 g/mol. The lowest BCUT2D eigenvalue weighted by atomic mass is 10.1. The number of ether oxygens (including phenoxy) is 1. The van der Waals surface area contributed by atoms with Crippen LogP contribution in [0, 0.1) is 20.8 Å². The summed E-state index contributed by atoms with van der Waals surface area (Å²) in [6, 6.07) is 18.7. The smallest absolute Gasteiger partial charge is 0.270 e. The average Bonchev–Trinajstić information content (AvgIpc) is 3.06. The average molecular weight is 405 g/mol. The second kappa shape index (κ2) is 9.31. The highest BCUT2D eigenvalue weighted by molar-refractivity contribution is 6.00. The molecule has 1 heterocycles. The molecule has 3 rings (SSSR count). The Kier molecular flexibility index (Phi) is 6.57. The topological polar surface area (TPSA) is 63.6 Å². The third kappa shape index (κ3) is 5.29. The molecule has 156 valence electrons. The maximum atomic E-state index is 12.4. The van der Waals surface area contributed by atoms with Gasteiger partial charge in [-0.2, -0.15) is 0 Å². The summed E-state index contributed by atoms with van der Waals surface area (Å²) in [6.07, 6.45) is 0. The number of hydrogen-bond donors (Lipinski definition) is 1. The van der Waals surface area contributed by atoms with Crippen molar-refractivity contribution in [3.8, 4) is 5.75 Å². The van der Waals surface area contributed by atoms with E-state index in [4.69, 9.17) is 4.74 Å². The molecule has 6 heteroatoms. The Bertz CT molecular complexity index is 1000. The highest BCUT2D eigenvalue weighted by Crippen LogP contribution is 2.14. The van der Waals surface area contributed by atoms with Crippen LogP contribution in [0.5, 0.6) is 5.75 Å². The van der Waals surface area contributed by atoms with Crippen molar-refractivity contribution in [3.63, 3.8) is 0 Å². The van der Waals surface area contributed by atoms with Gasteiger partial charge in [0.15, 0.2) is 6.61 Å². The number of rotatable bonds is 7. The van der Waals surface area contributed by atoms with Crippen LogP contribution in [0.25, 0.3) is 0 Å². The van der Waals surface area contributed by atoms with Gasteiger partial charge in [-0.1, -0.05) is 29.8 Å². The van der Waals surface area contributed by atoms with Gasteiger partial charge in [-0.3, -0.25) is 19.7 Å². The lowest BCUT2D eigenvalue weighted by Crippen LogP contribution is -2.31. The maximum absolute atomic E-state index is 12.4. The minimum Gasteiger partial charge on any atom is -0.484 e. The van der Waals surface area contributed by atoms with Crippen molar-refractivity contribution in [2.24, 2.45) is 0 Å². The molecule has 0 aliphatic carbocycles. The van der Waals surface area contributed by atoms with Crippen molar-refractivity contribution in [1.82, 2.24) is 9.58 Å². The fourth-order valence-electron chi connectivity index (χ4n) is 3.02. The zero-order valence-corrected chi connectivity index (χ0v) is 17.8. The number of nitrogens with zero attached hydrogens (tertiary/aromatic N) is 2. The Morgan fingerprint density at radius 2 is 1.50 bits per heavy atom. The van der Waals surface area contributed by atoms with Gasteiger partial charge in [0.1, 0.15) is 5.75 Å². The van der Waals surface area contributed by atoms with Crippen LogP contribution >= 0.6 is 0 Å². The molecule has 0 saturated carbocycles. The van der Waals surface area contributed by atoms with E-state index in [9.17, 15) is 9.59 Å². The molecule has 0 unspecified atom stereocenters. The van der Waals surface area contributed by atoms with Gasteiger partial charge in [0.05, 0.1) is 0 Å². The Morgan fingerprint density at radius 3 is 2.10 bits per heavy atom. The molecule has 2 amide bonds. The number of hydrogen-bond acceptors (Lipinski definition) is 3. The van der Waals surface area contributed by atoms with Crippen LogP contribution in [0.2, 0.25) is 0 Å². The summed E-state index contributed by atoms with van der Waals surface area (Å²) in [6.45, 7) is 6.35. The number of nitrogens with one attached hydrogen (secondary N) is 1. The fraction of sp³-hybridized carbons (Fsp3) is 0.250. The minimum atomic E-state index is -0.210. The Balaban J connectivity index is 1.52. The number of carbonyl (C=O) groups excluding carboxylic acids is 2. The SMILES string of the molecule is Cc1ccc(CN(C)C(=O)COc2ccc(C(=O)Nn3c(C)ccc3C)cc2)cc1. The van der Waals surface area contributed by atoms with E-state index in [1.807, 2.05) is 57.2 Å². The standard InChI is InChI=1S/C24H27N3O3/c1-17-5-9-20(10-6-17)15-26(4)23(28)16-30-22-13-11-21(12-14-22)24(29)25-27-18(2)7-8-19(27)3/h5-14H,15-16H2,1-4H3,(H,25,29). The van der Waals surface area contributed by atoms with Crippen molar-refractivity contribution < 1.29 is 14.3 Å². The molecule has 30 heavy (non-hydrogen) atoms.